The Morgan fingerprint density at radius 1 is 0.478 bits per heavy atom. The van der Waals surface area contributed by atoms with Crippen LogP contribution in [0, 0.1) is 0 Å². The van der Waals surface area contributed by atoms with E-state index < -0.39 is 112 Å². The number of amides is 2. The lowest BCUT2D eigenvalue weighted by molar-refractivity contribution is -0.302. The van der Waals surface area contributed by atoms with Gasteiger partial charge in [-0.2, -0.15) is 0 Å². The zero-order valence-corrected chi connectivity index (χ0v) is 59.0. The van der Waals surface area contributed by atoms with Crippen molar-refractivity contribution in [3.05, 3.63) is 0 Å². The Kier molecular flexibility index (Phi) is 53.5. The van der Waals surface area contributed by atoms with Crippen LogP contribution >= 0.6 is 7.82 Å². The van der Waals surface area contributed by atoms with E-state index in [9.17, 15) is 54.3 Å². The van der Waals surface area contributed by atoms with Crippen molar-refractivity contribution < 1.29 is 82.5 Å². The predicted molar refractivity (Wildman–Crippen MR) is 363 cm³/mol. The van der Waals surface area contributed by atoms with Crippen LogP contribution in [-0.4, -0.2) is 153 Å². The van der Waals surface area contributed by atoms with Crippen molar-refractivity contribution in [2.75, 3.05) is 26.4 Å². The fourth-order valence-electron chi connectivity index (χ4n) is 12.7. The van der Waals surface area contributed by atoms with E-state index in [0.29, 0.717) is 32.1 Å². The molecular formula is C71H138N3O17P. The average molecular weight is 1340 g/mol. The minimum atomic E-state index is -5.32. The molecule has 2 saturated heterocycles. The van der Waals surface area contributed by atoms with Gasteiger partial charge in [0.1, 0.15) is 54.8 Å². The largest absolute Gasteiger partial charge is 0.470 e. The number of unbranched alkanes of at least 4 members (excludes halogenated alkanes) is 40. The molecule has 20 nitrogen and oxygen atoms in total. The minimum Gasteiger partial charge on any atom is -0.462 e. The van der Waals surface area contributed by atoms with Crippen LogP contribution in [0.3, 0.4) is 0 Å². The Bertz CT molecular complexity index is 1810. The number of nitrogens with two attached hydrogens (primary N) is 1. The van der Waals surface area contributed by atoms with Crippen LogP contribution < -0.4 is 16.4 Å². The van der Waals surface area contributed by atoms with Crippen LogP contribution in [0.5, 0.6) is 0 Å². The highest BCUT2D eigenvalue weighted by Gasteiger charge is 2.51. The van der Waals surface area contributed by atoms with Crippen molar-refractivity contribution in [1.82, 2.24) is 10.6 Å². The molecule has 2 rings (SSSR count). The quantitative estimate of drug-likeness (QED) is 0.0154. The van der Waals surface area contributed by atoms with Crippen molar-refractivity contribution in [2.45, 2.75) is 409 Å². The van der Waals surface area contributed by atoms with Crippen LogP contribution in [0.25, 0.3) is 0 Å². The molecule has 11 N–H and O–H groups in total. The van der Waals surface area contributed by atoms with Gasteiger partial charge in [-0.3, -0.25) is 18.9 Å². The summed E-state index contributed by atoms with van der Waals surface area (Å²) >= 11 is 0. The molecule has 2 fully saturated rings. The van der Waals surface area contributed by atoms with Crippen molar-refractivity contribution in [3.8, 4) is 0 Å². The number of phosphoric ester groups is 1. The van der Waals surface area contributed by atoms with Crippen molar-refractivity contribution >= 4 is 25.6 Å². The normalized spacial score (nSPS) is 22.6. The molecule has 2 amide bonds. The van der Waals surface area contributed by atoms with Crippen LogP contribution in [-0.2, 0) is 47.2 Å². The highest BCUT2D eigenvalue weighted by atomic mass is 31.2. The highest BCUT2D eigenvalue weighted by molar-refractivity contribution is 7.46. The number of nitrogens with one attached hydrogen (secondary N) is 2. The van der Waals surface area contributed by atoms with Crippen molar-refractivity contribution in [1.29, 1.82) is 0 Å². The first kappa shape index (κ1) is 86.2. The number of carbonyl (C=O) groups is 3. The maximum atomic E-state index is 14.2. The van der Waals surface area contributed by atoms with Crippen LogP contribution in [0.1, 0.15) is 335 Å². The molecule has 2 aliphatic rings. The molecule has 0 radical (unpaired) electrons. The van der Waals surface area contributed by atoms with E-state index in [1.807, 2.05) is 0 Å². The fourth-order valence-corrected chi connectivity index (χ4v) is 13.3. The number of ether oxygens (including phenoxy) is 5. The Labute approximate surface area is 557 Å². The van der Waals surface area contributed by atoms with Crippen LogP contribution in [0.15, 0.2) is 0 Å². The second kappa shape index (κ2) is 57.1. The van der Waals surface area contributed by atoms with Gasteiger partial charge in [-0.15, -0.1) is 0 Å². The molecule has 0 bridgehead atoms. The number of aliphatic hydroxyl groups is 5. The van der Waals surface area contributed by atoms with E-state index in [1.54, 1.807) is 0 Å². The zero-order valence-electron chi connectivity index (χ0n) is 58.1. The third-order valence-electron chi connectivity index (χ3n) is 18.4. The molecule has 0 spiro atoms. The Hall–Kier alpha value is -1.88. The summed E-state index contributed by atoms with van der Waals surface area (Å²) in [6, 6.07) is -2.87. The van der Waals surface area contributed by atoms with Crippen molar-refractivity contribution in [3.63, 3.8) is 0 Å². The molecule has 2 heterocycles. The van der Waals surface area contributed by atoms with Gasteiger partial charge in [0.15, 0.2) is 12.6 Å². The second-order valence-electron chi connectivity index (χ2n) is 27.0. The molecular weight excluding hydrogens is 1200 g/mol. The van der Waals surface area contributed by atoms with E-state index in [2.05, 4.69) is 31.4 Å². The molecule has 21 heteroatoms. The van der Waals surface area contributed by atoms with Gasteiger partial charge < -0.3 is 75.4 Å². The van der Waals surface area contributed by atoms with Gasteiger partial charge in [-0.25, -0.2) is 4.57 Å². The van der Waals surface area contributed by atoms with E-state index in [1.165, 1.54) is 161 Å². The monoisotopic (exact) mass is 1340 g/mol. The molecule has 0 saturated carbocycles. The van der Waals surface area contributed by atoms with E-state index >= 15 is 0 Å². The summed E-state index contributed by atoms with van der Waals surface area (Å²) in [4.78, 5) is 60.8. The molecule has 0 aromatic heterocycles. The van der Waals surface area contributed by atoms with Crippen LogP contribution in [0.2, 0.25) is 0 Å². The maximum Gasteiger partial charge on any atom is 0.470 e. The lowest BCUT2D eigenvalue weighted by Crippen LogP contribution is -2.67. The van der Waals surface area contributed by atoms with E-state index in [0.717, 1.165) is 109 Å². The number of hydrogen-bond donors (Lipinski definition) is 10. The Balaban J connectivity index is 2.19. The lowest BCUT2D eigenvalue weighted by atomic mass is 9.95. The summed E-state index contributed by atoms with van der Waals surface area (Å²) < 4.78 is 47.8. The van der Waals surface area contributed by atoms with Gasteiger partial charge in [-0.1, -0.05) is 278 Å². The minimum absolute atomic E-state index is 0.197. The summed E-state index contributed by atoms with van der Waals surface area (Å²) in [6.45, 7) is 6.09. The zero-order chi connectivity index (χ0) is 67.3. The summed E-state index contributed by atoms with van der Waals surface area (Å²) in [5, 5.41) is 62.0. The van der Waals surface area contributed by atoms with Gasteiger partial charge in [-0.05, 0) is 45.1 Å². The topological polar surface area (TPSA) is 315 Å². The summed E-state index contributed by atoms with van der Waals surface area (Å²) in [7, 11) is -5.32. The molecule has 0 unspecified atom stereocenters. The Morgan fingerprint density at radius 2 is 0.859 bits per heavy atom. The van der Waals surface area contributed by atoms with Gasteiger partial charge in [0.05, 0.1) is 32.2 Å². The van der Waals surface area contributed by atoms with Gasteiger partial charge >= 0.3 is 13.8 Å². The number of rotatable bonds is 63. The first-order chi connectivity index (χ1) is 44.6. The van der Waals surface area contributed by atoms with Gasteiger partial charge in [0.2, 0.25) is 11.8 Å². The third kappa shape index (κ3) is 43.4. The standard InChI is InChI=1S/C71H138N3O17P/c1-4-7-10-13-16-28-33-38-43-48-57(76)53-61(77)73-64-67(81)66(80)60(90-70(64)86-52-47-42-37-32-27-25-23-21-19-20-22-24-26-31-36-41-46-51-72)56-87-71-65(68(82)69(59(55-75)89-71)91-92(83,84)85)74-62(78)54-58(49-44-39-34-29-17-14-11-8-5-2)88-63(79)50-45-40-35-30-18-15-12-9-6-3/h57-60,64-71,75-76,80-82H,4-56,72H2,1-3H3,(H,73,77)(H,74,78)(H2,83,84,85)/t57-,58-,59-,60-,64-,65-,66-,67-,68-,69-,70+,71-/m1/s1. The number of hydrogen-bond acceptors (Lipinski definition) is 16. The van der Waals surface area contributed by atoms with Gasteiger partial charge in [0.25, 0.3) is 0 Å². The summed E-state index contributed by atoms with van der Waals surface area (Å²) in [5.41, 5.74) is 5.60. The molecule has 0 aromatic rings. The first-order valence-corrected chi connectivity index (χ1v) is 39.2. The predicted octanol–water partition coefficient (Wildman–Crippen LogP) is 13.4. The molecule has 12 atom stereocenters. The molecule has 544 valence electrons. The Morgan fingerprint density at radius 3 is 1.30 bits per heavy atom. The lowest BCUT2D eigenvalue weighted by Gasteiger charge is -2.45. The van der Waals surface area contributed by atoms with E-state index in [4.69, 9.17) is 33.9 Å². The molecule has 2 aliphatic heterocycles. The fraction of sp³-hybridized carbons (Fsp3) is 0.958. The van der Waals surface area contributed by atoms with Gasteiger partial charge in [0, 0.05) is 13.0 Å². The van der Waals surface area contributed by atoms with Crippen molar-refractivity contribution in [2.24, 2.45) is 5.73 Å². The summed E-state index contributed by atoms with van der Waals surface area (Å²) in [5.74, 6) is -1.68. The third-order valence-corrected chi connectivity index (χ3v) is 18.9. The number of carbonyl (C=O) groups excluding carboxylic acids is 3. The summed E-state index contributed by atoms with van der Waals surface area (Å²) in [6.07, 6.45) is 34.9. The number of aliphatic hydroxyl groups excluding tert-OH is 5. The average Bonchev–Trinajstić information content (AvgIpc) is 0.817. The second-order valence-corrected chi connectivity index (χ2v) is 28.2. The molecule has 92 heavy (non-hydrogen) atoms. The highest BCUT2D eigenvalue weighted by Crippen LogP contribution is 2.42. The SMILES string of the molecule is CCCCCCCCCCCC(=O)O[C@H](CCCCCCCCCCC)CC(=O)N[C@H]1[C@H](OC[C@H]2O[C@H](OCCCCCCCCCCCCCCCCCCCN)[C@H](NC(=O)C[C@H](O)CCCCCCCCCCC)[C@@H](O)[C@@H]2O)O[C@H](CO)[C@@H](OP(=O)(O)O)[C@@H]1O. The van der Waals surface area contributed by atoms with E-state index in [-0.39, 0.29) is 25.9 Å². The van der Waals surface area contributed by atoms with Crippen LogP contribution in [0.4, 0.5) is 0 Å². The maximum absolute atomic E-state index is 14.2. The number of phosphoric acid groups is 1. The smallest absolute Gasteiger partial charge is 0.462 e. The first-order valence-electron chi connectivity index (χ1n) is 37.7. The molecule has 0 aliphatic carbocycles. The number of esters is 1. The molecule has 0 aromatic carbocycles.